The van der Waals surface area contributed by atoms with Gasteiger partial charge in [-0.05, 0) is 38.1 Å². The van der Waals surface area contributed by atoms with Crippen LogP contribution in [0.15, 0.2) is 35.4 Å². The maximum absolute atomic E-state index is 11.4. The van der Waals surface area contributed by atoms with Crippen LogP contribution in [-0.2, 0) is 0 Å². The number of nitrogens with zero attached hydrogens (tertiary/aromatic N) is 2. The van der Waals surface area contributed by atoms with Gasteiger partial charge in [-0.3, -0.25) is 4.98 Å². The fourth-order valence-electron chi connectivity index (χ4n) is 2.94. The number of nitrogens with one attached hydrogen (secondary N) is 4. The third-order valence-corrected chi connectivity index (χ3v) is 4.14. The van der Waals surface area contributed by atoms with Gasteiger partial charge in [0, 0.05) is 11.6 Å². The van der Waals surface area contributed by atoms with Crippen molar-refractivity contribution in [3.05, 3.63) is 41.1 Å². The first-order valence-electron chi connectivity index (χ1n) is 7.80. The molecule has 7 nitrogen and oxygen atoms in total. The summed E-state index contributed by atoms with van der Waals surface area (Å²) in [5.41, 5.74) is 3.06. The van der Waals surface area contributed by atoms with Crippen molar-refractivity contribution < 1.29 is 0 Å². The van der Waals surface area contributed by atoms with Gasteiger partial charge in [0.05, 0.1) is 29.1 Å². The van der Waals surface area contributed by atoms with Gasteiger partial charge in [0.15, 0.2) is 0 Å². The summed E-state index contributed by atoms with van der Waals surface area (Å²) in [5, 5.41) is 6.80. The van der Waals surface area contributed by atoms with Crippen LogP contribution in [0, 0.1) is 0 Å². The summed E-state index contributed by atoms with van der Waals surface area (Å²) in [6, 6.07) is 6.15. The number of anilines is 1. The number of imidazole rings is 1. The Morgan fingerprint density at radius 3 is 2.78 bits per heavy atom. The van der Waals surface area contributed by atoms with E-state index >= 15 is 0 Å². The van der Waals surface area contributed by atoms with Crippen molar-refractivity contribution in [3.63, 3.8) is 0 Å². The summed E-state index contributed by atoms with van der Waals surface area (Å²) in [6.07, 6.45) is 5.66. The second-order valence-electron chi connectivity index (χ2n) is 5.80. The summed E-state index contributed by atoms with van der Waals surface area (Å²) >= 11 is 0. The average Bonchev–Trinajstić information content (AvgIpc) is 2.95. The minimum absolute atomic E-state index is 0.204. The smallest absolute Gasteiger partial charge is 0.323 e. The van der Waals surface area contributed by atoms with Crippen molar-refractivity contribution in [3.8, 4) is 11.3 Å². The number of hydrogen-bond donors (Lipinski definition) is 4. The molecular formula is C16H18N6O. The Morgan fingerprint density at radius 2 is 1.91 bits per heavy atom. The Labute approximate surface area is 132 Å². The van der Waals surface area contributed by atoms with Gasteiger partial charge in [-0.25, -0.2) is 9.78 Å². The molecule has 1 aliphatic rings. The van der Waals surface area contributed by atoms with Crippen LogP contribution < -0.4 is 16.3 Å². The third-order valence-electron chi connectivity index (χ3n) is 4.14. The summed E-state index contributed by atoms with van der Waals surface area (Å²) in [5.74, 6) is 0.789. The molecule has 1 saturated heterocycles. The fraction of sp³-hybridized carbons (Fsp3) is 0.312. The second-order valence-corrected chi connectivity index (χ2v) is 5.80. The first-order valence-corrected chi connectivity index (χ1v) is 7.80. The Balaban J connectivity index is 1.62. The van der Waals surface area contributed by atoms with Crippen molar-refractivity contribution in [2.75, 3.05) is 18.4 Å². The van der Waals surface area contributed by atoms with E-state index in [0.717, 1.165) is 54.0 Å². The molecule has 1 aromatic carbocycles. The van der Waals surface area contributed by atoms with Crippen molar-refractivity contribution in [1.29, 1.82) is 0 Å². The van der Waals surface area contributed by atoms with E-state index < -0.39 is 0 Å². The normalized spacial score (nSPS) is 15.8. The van der Waals surface area contributed by atoms with E-state index in [9.17, 15) is 4.79 Å². The van der Waals surface area contributed by atoms with E-state index in [2.05, 4.69) is 30.6 Å². The van der Waals surface area contributed by atoms with Gasteiger partial charge >= 0.3 is 5.69 Å². The van der Waals surface area contributed by atoms with Gasteiger partial charge < -0.3 is 20.6 Å². The molecule has 7 heteroatoms. The molecule has 1 aliphatic heterocycles. The molecular weight excluding hydrogens is 292 g/mol. The average molecular weight is 310 g/mol. The molecule has 23 heavy (non-hydrogen) atoms. The van der Waals surface area contributed by atoms with E-state index in [1.165, 1.54) is 0 Å². The first kappa shape index (κ1) is 14.0. The van der Waals surface area contributed by atoms with E-state index in [-0.39, 0.29) is 5.69 Å². The topological polar surface area (TPSA) is 98.5 Å². The van der Waals surface area contributed by atoms with Gasteiger partial charge in [-0.15, -0.1) is 0 Å². The summed E-state index contributed by atoms with van der Waals surface area (Å²) in [6.45, 7) is 2.06. The Morgan fingerprint density at radius 1 is 1.09 bits per heavy atom. The van der Waals surface area contributed by atoms with Crippen LogP contribution in [0.1, 0.15) is 12.8 Å². The molecule has 0 saturated carbocycles. The standard InChI is InChI=1S/C16H18N6O/c23-16-21-12-2-1-10(7-13(12)22-16)14-8-18-9-15(20-14)19-11-3-5-17-6-4-11/h1-2,7-9,11,17H,3-6H2,(H,19,20)(H2,21,22,23). The number of rotatable bonds is 3. The number of H-pyrrole nitrogens is 2. The van der Waals surface area contributed by atoms with Gasteiger partial charge in [0.25, 0.3) is 0 Å². The van der Waals surface area contributed by atoms with Crippen molar-refractivity contribution in [2.24, 2.45) is 0 Å². The Kier molecular flexibility index (Phi) is 3.55. The number of aromatic amines is 2. The van der Waals surface area contributed by atoms with E-state index in [1.54, 1.807) is 12.4 Å². The zero-order chi connectivity index (χ0) is 15.6. The zero-order valence-corrected chi connectivity index (χ0v) is 12.6. The Hall–Kier alpha value is -2.67. The largest absolute Gasteiger partial charge is 0.366 e. The van der Waals surface area contributed by atoms with Crippen molar-refractivity contribution in [1.82, 2.24) is 25.3 Å². The SMILES string of the molecule is O=c1[nH]c2ccc(-c3cncc(NC4CCNCC4)n3)cc2[nH]1. The lowest BCUT2D eigenvalue weighted by Crippen LogP contribution is -2.35. The third kappa shape index (κ3) is 2.95. The molecule has 3 aromatic rings. The second kappa shape index (κ2) is 5.85. The number of benzene rings is 1. The molecule has 3 heterocycles. The molecule has 4 rings (SSSR count). The van der Waals surface area contributed by atoms with Crippen LogP contribution in [0.4, 0.5) is 5.82 Å². The van der Waals surface area contributed by atoms with E-state index in [0.29, 0.717) is 6.04 Å². The summed E-state index contributed by atoms with van der Waals surface area (Å²) in [4.78, 5) is 25.8. The quantitative estimate of drug-likeness (QED) is 0.587. The number of aromatic nitrogens is 4. The van der Waals surface area contributed by atoms with E-state index in [4.69, 9.17) is 0 Å². The minimum atomic E-state index is -0.204. The molecule has 2 aromatic heterocycles. The predicted molar refractivity (Wildman–Crippen MR) is 89.5 cm³/mol. The summed E-state index contributed by atoms with van der Waals surface area (Å²) in [7, 11) is 0. The van der Waals surface area contributed by atoms with Crippen LogP contribution in [0.3, 0.4) is 0 Å². The predicted octanol–water partition coefficient (Wildman–Crippen LogP) is 1.48. The van der Waals surface area contributed by atoms with Crippen LogP contribution in [-0.4, -0.2) is 39.1 Å². The molecule has 0 spiro atoms. The van der Waals surface area contributed by atoms with E-state index in [1.807, 2.05) is 18.2 Å². The highest BCUT2D eigenvalue weighted by atomic mass is 16.1. The highest BCUT2D eigenvalue weighted by Gasteiger charge is 2.13. The maximum atomic E-state index is 11.4. The molecule has 0 unspecified atom stereocenters. The first-order chi connectivity index (χ1) is 11.3. The lowest BCUT2D eigenvalue weighted by molar-refractivity contribution is 0.478. The molecule has 0 amide bonds. The molecule has 4 N–H and O–H groups in total. The van der Waals surface area contributed by atoms with Crippen LogP contribution in [0.25, 0.3) is 22.3 Å². The lowest BCUT2D eigenvalue weighted by atomic mass is 10.1. The van der Waals surface area contributed by atoms with Crippen molar-refractivity contribution >= 4 is 16.9 Å². The zero-order valence-electron chi connectivity index (χ0n) is 12.6. The highest BCUT2D eigenvalue weighted by Crippen LogP contribution is 2.21. The molecule has 118 valence electrons. The monoisotopic (exact) mass is 310 g/mol. The van der Waals surface area contributed by atoms with Crippen molar-refractivity contribution in [2.45, 2.75) is 18.9 Å². The van der Waals surface area contributed by atoms with Gasteiger partial charge in [0.2, 0.25) is 0 Å². The molecule has 0 radical (unpaired) electrons. The van der Waals surface area contributed by atoms with Gasteiger partial charge in [0.1, 0.15) is 5.82 Å². The van der Waals surface area contributed by atoms with Crippen LogP contribution in [0.5, 0.6) is 0 Å². The number of piperidine rings is 1. The van der Waals surface area contributed by atoms with Crippen LogP contribution >= 0.6 is 0 Å². The van der Waals surface area contributed by atoms with Gasteiger partial charge in [-0.1, -0.05) is 6.07 Å². The van der Waals surface area contributed by atoms with Crippen LogP contribution in [0.2, 0.25) is 0 Å². The molecule has 0 aliphatic carbocycles. The van der Waals surface area contributed by atoms with Gasteiger partial charge in [-0.2, -0.15) is 0 Å². The highest BCUT2D eigenvalue weighted by molar-refractivity contribution is 5.80. The lowest BCUT2D eigenvalue weighted by Gasteiger charge is -2.24. The molecule has 0 bridgehead atoms. The molecule has 0 atom stereocenters. The molecule has 1 fully saturated rings. The minimum Gasteiger partial charge on any atom is -0.366 e. The number of fused-ring (bicyclic) bond motifs is 1. The fourth-order valence-corrected chi connectivity index (χ4v) is 2.94. The number of hydrogen-bond acceptors (Lipinski definition) is 5. The summed E-state index contributed by atoms with van der Waals surface area (Å²) < 4.78 is 0. The maximum Gasteiger partial charge on any atom is 0.323 e. The Bertz CT molecular complexity index is 877.